The molecule has 146 valence electrons. The summed E-state index contributed by atoms with van der Waals surface area (Å²) in [7, 11) is 0. The van der Waals surface area contributed by atoms with Gasteiger partial charge in [0.1, 0.15) is 5.65 Å². The number of hydrogen-bond acceptors (Lipinski definition) is 5. The maximum absolute atomic E-state index is 13.2. The van der Waals surface area contributed by atoms with Crippen LogP contribution >= 0.6 is 11.8 Å². The third kappa shape index (κ3) is 3.35. The van der Waals surface area contributed by atoms with E-state index in [1.165, 1.54) is 16.2 Å². The molecule has 7 heteroatoms. The van der Waals surface area contributed by atoms with Crippen molar-refractivity contribution in [3.8, 4) is 0 Å². The average Bonchev–Trinajstić information content (AvgIpc) is 3.27. The second-order valence-corrected chi connectivity index (χ2v) is 8.27. The standard InChI is InChI=1S/C22H20N4O2S/c27-20-13-15(23-19-11-5-6-12-25(19)20)14-29-22-24-18-10-4-3-9-17(18)21(28)26(22)16-7-1-2-8-16/h3-6,9-13,16H,1-2,7-8,14H2. The molecule has 3 heterocycles. The summed E-state index contributed by atoms with van der Waals surface area (Å²) in [5.41, 5.74) is 1.94. The molecular formula is C22H20N4O2S. The van der Waals surface area contributed by atoms with Crippen LogP contribution in [0.5, 0.6) is 0 Å². The largest absolute Gasteiger partial charge is 0.284 e. The Morgan fingerprint density at radius 1 is 1.00 bits per heavy atom. The van der Waals surface area contributed by atoms with Gasteiger partial charge in [-0.1, -0.05) is 42.8 Å². The second kappa shape index (κ2) is 7.48. The maximum atomic E-state index is 13.2. The monoisotopic (exact) mass is 404 g/mol. The van der Waals surface area contributed by atoms with Crippen LogP contribution in [0.25, 0.3) is 16.6 Å². The Bertz CT molecular complexity index is 1320. The molecule has 1 aliphatic rings. The molecule has 1 aliphatic carbocycles. The van der Waals surface area contributed by atoms with Crippen molar-refractivity contribution in [2.45, 2.75) is 42.6 Å². The highest BCUT2D eigenvalue weighted by Crippen LogP contribution is 2.32. The van der Waals surface area contributed by atoms with Gasteiger partial charge in [0.2, 0.25) is 0 Å². The van der Waals surface area contributed by atoms with Crippen LogP contribution in [0, 0.1) is 0 Å². The van der Waals surface area contributed by atoms with Gasteiger partial charge in [0, 0.05) is 24.1 Å². The summed E-state index contributed by atoms with van der Waals surface area (Å²) < 4.78 is 3.39. The van der Waals surface area contributed by atoms with E-state index in [-0.39, 0.29) is 17.2 Å². The van der Waals surface area contributed by atoms with Gasteiger partial charge in [-0.3, -0.25) is 18.6 Å². The molecule has 3 aromatic heterocycles. The van der Waals surface area contributed by atoms with Gasteiger partial charge in [-0.2, -0.15) is 0 Å². The lowest BCUT2D eigenvalue weighted by Gasteiger charge is -2.18. The van der Waals surface area contributed by atoms with Gasteiger partial charge in [0.25, 0.3) is 11.1 Å². The van der Waals surface area contributed by atoms with Gasteiger partial charge in [-0.15, -0.1) is 0 Å². The molecule has 0 bridgehead atoms. The van der Waals surface area contributed by atoms with Crippen LogP contribution in [0.15, 0.2) is 69.5 Å². The first kappa shape index (κ1) is 18.1. The van der Waals surface area contributed by atoms with Crippen LogP contribution in [-0.4, -0.2) is 18.9 Å². The molecule has 0 atom stereocenters. The van der Waals surface area contributed by atoms with Gasteiger partial charge in [-0.05, 0) is 37.1 Å². The van der Waals surface area contributed by atoms with Crippen molar-refractivity contribution in [2.24, 2.45) is 0 Å². The zero-order valence-corrected chi connectivity index (χ0v) is 16.6. The van der Waals surface area contributed by atoms with Gasteiger partial charge < -0.3 is 0 Å². The fourth-order valence-electron chi connectivity index (χ4n) is 4.03. The van der Waals surface area contributed by atoms with Crippen LogP contribution in [0.3, 0.4) is 0 Å². The lowest BCUT2D eigenvalue weighted by molar-refractivity contribution is 0.457. The van der Waals surface area contributed by atoms with E-state index in [0.29, 0.717) is 33.2 Å². The zero-order chi connectivity index (χ0) is 19.8. The maximum Gasteiger partial charge on any atom is 0.262 e. The number of fused-ring (bicyclic) bond motifs is 2. The van der Waals surface area contributed by atoms with E-state index < -0.39 is 0 Å². The van der Waals surface area contributed by atoms with Crippen molar-refractivity contribution in [1.82, 2.24) is 18.9 Å². The Hall–Kier alpha value is -2.93. The molecule has 6 nitrogen and oxygen atoms in total. The Morgan fingerprint density at radius 3 is 2.66 bits per heavy atom. The Kier molecular flexibility index (Phi) is 4.67. The second-order valence-electron chi connectivity index (χ2n) is 7.33. The van der Waals surface area contributed by atoms with Crippen LogP contribution in [0.1, 0.15) is 37.4 Å². The first-order valence-corrected chi connectivity index (χ1v) is 10.8. The molecule has 0 amide bonds. The minimum absolute atomic E-state index is 0.0246. The fourth-order valence-corrected chi connectivity index (χ4v) is 4.99. The predicted octanol–water partition coefficient (Wildman–Crippen LogP) is 3.81. The third-order valence-corrected chi connectivity index (χ3v) is 6.42. The Morgan fingerprint density at radius 2 is 1.79 bits per heavy atom. The molecule has 1 saturated carbocycles. The first-order chi connectivity index (χ1) is 14.2. The van der Waals surface area contributed by atoms with E-state index >= 15 is 0 Å². The molecule has 4 aromatic rings. The van der Waals surface area contributed by atoms with Gasteiger partial charge in [0.15, 0.2) is 5.16 Å². The molecule has 1 fully saturated rings. The van der Waals surface area contributed by atoms with Crippen LogP contribution in [-0.2, 0) is 5.75 Å². The van der Waals surface area contributed by atoms with E-state index in [1.807, 2.05) is 47.0 Å². The quantitative estimate of drug-likeness (QED) is 0.382. The topological polar surface area (TPSA) is 69.3 Å². The summed E-state index contributed by atoms with van der Waals surface area (Å²) in [6.45, 7) is 0. The zero-order valence-electron chi connectivity index (χ0n) is 15.8. The third-order valence-electron chi connectivity index (χ3n) is 5.44. The van der Waals surface area contributed by atoms with E-state index in [0.717, 1.165) is 25.7 Å². The molecule has 0 radical (unpaired) electrons. The lowest BCUT2D eigenvalue weighted by atomic mass is 10.2. The number of para-hydroxylation sites is 1. The lowest BCUT2D eigenvalue weighted by Crippen LogP contribution is -2.26. The van der Waals surface area contributed by atoms with Gasteiger partial charge >= 0.3 is 0 Å². The van der Waals surface area contributed by atoms with Crippen molar-refractivity contribution in [3.63, 3.8) is 0 Å². The number of hydrogen-bond donors (Lipinski definition) is 0. The summed E-state index contributed by atoms with van der Waals surface area (Å²) in [5, 5.41) is 1.36. The number of nitrogens with zero attached hydrogens (tertiary/aromatic N) is 4. The normalized spacial score (nSPS) is 14.8. The summed E-state index contributed by atoms with van der Waals surface area (Å²) in [6, 6.07) is 14.7. The molecule has 29 heavy (non-hydrogen) atoms. The molecule has 0 spiro atoms. The highest BCUT2D eigenvalue weighted by atomic mass is 32.2. The molecular weight excluding hydrogens is 384 g/mol. The van der Waals surface area contributed by atoms with E-state index in [2.05, 4.69) is 4.98 Å². The summed E-state index contributed by atoms with van der Waals surface area (Å²) in [5.74, 6) is 0.484. The van der Waals surface area contributed by atoms with Crippen LogP contribution in [0.4, 0.5) is 0 Å². The summed E-state index contributed by atoms with van der Waals surface area (Å²) in [4.78, 5) is 35.0. The van der Waals surface area contributed by atoms with Crippen LogP contribution in [0.2, 0.25) is 0 Å². The fraction of sp³-hybridized carbons (Fsp3) is 0.273. The SMILES string of the molecule is O=c1c2ccccc2nc(SCc2cc(=O)n3ccccc3n2)n1C1CCCC1. The van der Waals surface area contributed by atoms with E-state index in [4.69, 9.17) is 4.98 Å². The van der Waals surface area contributed by atoms with Gasteiger partial charge in [-0.25, -0.2) is 9.97 Å². The van der Waals surface area contributed by atoms with E-state index in [9.17, 15) is 9.59 Å². The number of pyridine rings is 1. The minimum Gasteiger partial charge on any atom is -0.284 e. The summed E-state index contributed by atoms with van der Waals surface area (Å²) in [6.07, 6.45) is 5.99. The number of rotatable bonds is 4. The molecule has 5 rings (SSSR count). The first-order valence-electron chi connectivity index (χ1n) is 9.82. The predicted molar refractivity (Wildman–Crippen MR) is 115 cm³/mol. The molecule has 0 unspecified atom stereocenters. The Balaban J connectivity index is 1.55. The highest BCUT2D eigenvalue weighted by molar-refractivity contribution is 7.98. The smallest absolute Gasteiger partial charge is 0.262 e. The summed E-state index contributed by atoms with van der Waals surface area (Å²) >= 11 is 1.47. The van der Waals surface area contributed by atoms with Gasteiger partial charge in [0.05, 0.1) is 16.6 Å². The minimum atomic E-state index is -0.106. The number of aromatic nitrogens is 4. The van der Waals surface area contributed by atoms with Crippen molar-refractivity contribution in [2.75, 3.05) is 0 Å². The van der Waals surface area contributed by atoms with Crippen LogP contribution < -0.4 is 11.1 Å². The molecule has 0 saturated heterocycles. The van der Waals surface area contributed by atoms with E-state index in [1.54, 1.807) is 12.3 Å². The molecule has 1 aromatic carbocycles. The van der Waals surface area contributed by atoms with Crippen molar-refractivity contribution in [3.05, 3.63) is 81.1 Å². The number of benzene rings is 1. The molecule has 0 aliphatic heterocycles. The highest BCUT2D eigenvalue weighted by Gasteiger charge is 2.23. The van der Waals surface area contributed by atoms with Crippen molar-refractivity contribution >= 4 is 28.3 Å². The Labute approximate surface area is 171 Å². The molecule has 0 N–H and O–H groups in total. The number of thioether (sulfide) groups is 1. The van der Waals surface area contributed by atoms with Crippen molar-refractivity contribution < 1.29 is 0 Å². The average molecular weight is 404 g/mol. The van der Waals surface area contributed by atoms with Crippen molar-refractivity contribution in [1.29, 1.82) is 0 Å².